The van der Waals surface area contributed by atoms with E-state index in [2.05, 4.69) is 9.71 Å². The summed E-state index contributed by atoms with van der Waals surface area (Å²) in [5.74, 6) is -0.794. The summed E-state index contributed by atoms with van der Waals surface area (Å²) in [6, 6.07) is 5.60. The first-order valence-corrected chi connectivity index (χ1v) is 10.4. The molecule has 0 unspecified atom stereocenters. The molecule has 2 atom stereocenters. The van der Waals surface area contributed by atoms with E-state index in [1.165, 1.54) is 13.0 Å². The summed E-state index contributed by atoms with van der Waals surface area (Å²) in [4.78, 5) is 30.4. The molecule has 9 heteroatoms. The lowest BCUT2D eigenvalue weighted by Crippen LogP contribution is -2.44. The van der Waals surface area contributed by atoms with Crippen LogP contribution in [0.15, 0.2) is 34.2 Å². The fraction of sp³-hybridized carbons (Fsp3) is 0.500. The predicted molar refractivity (Wildman–Crippen MR) is 98.7 cm³/mol. The molecular weight excluding hydrogens is 370 g/mol. The number of amidine groups is 1. The highest BCUT2D eigenvalue weighted by Crippen LogP contribution is 2.22. The second kappa shape index (κ2) is 7.67. The monoisotopic (exact) mass is 393 g/mol. The lowest BCUT2D eigenvalue weighted by atomic mass is 10.0. The molecule has 0 radical (unpaired) electrons. The van der Waals surface area contributed by atoms with Gasteiger partial charge in [-0.05, 0) is 45.2 Å². The molecule has 0 aliphatic carbocycles. The van der Waals surface area contributed by atoms with Gasteiger partial charge in [-0.3, -0.25) is 14.5 Å². The summed E-state index contributed by atoms with van der Waals surface area (Å²) in [5, 5.41) is 0. The summed E-state index contributed by atoms with van der Waals surface area (Å²) < 4.78 is 31.6. The molecular formula is C18H23N3O5S. The van der Waals surface area contributed by atoms with Gasteiger partial charge in [0, 0.05) is 18.2 Å². The minimum absolute atomic E-state index is 0.103. The first-order valence-electron chi connectivity index (χ1n) is 8.95. The molecule has 27 heavy (non-hydrogen) atoms. The van der Waals surface area contributed by atoms with Crippen molar-refractivity contribution in [2.75, 3.05) is 13.2 Å². The minimum atomic E-state index is -3.67. The standard InChI is InChI=1S/C18H23N3O5S/c1-12-7-5-6-10-21(12)16(22)11-26-18(23)13(2)19-17-14-8-3-4-9-15(14)27(24,25)20-17/h3-4,8-9,12-13H,5-7,10-11H2,1-2H3,(H,19,20)/t12-,13+/m1/s1. The molecule has 1 aromatic rings. The first-order chi connectivity index (χ1) is 12.8. The average molecular weight is 393 g/mol. The highest BCUT2D eigenvalue weighted by Gasteiger charge is 2.31. The van der Waals surface area contributed by atoms with E-state index < -0.39 is 22.0 Å². The van der Waals surface area contributed by atoms with E-state index in [1.807, 2.05) is 6.92 Å². The molecule has 2 aliphatic rings. The van der Waals surface area contributed by atoms with Crippen molar-refractivity contribution in [2.45, 2.75) is 50.1 Å². The van der Waals surface area contributed by atoms with Gasteiger partial charge in [-0.2, -0.15) is 0 Å². The maximum atomic E-state index is 12.3. The fourth-order valence-electron chi connectivity index (χ4n) is 3.28. The first kappa shape index (κ1) is 19.3. The van der Waals surface area contributed by atoms with Gasteiger partial charge in [-0.1, -0.05) is 12.1 Å². The third-order valence-corrected chi connectivity index (χ3v) is 6.18. The quantitative estimate of drug-likeness (QED) is 0.770. The van der Waals surface area contributed by atoms with E-state index in [0.717, 1.165) is 19.3 Å². The van der Waals surface area contributed by atoms with E-state index in [4.69, 9.17) is 4.74 Å². The zero-order chi connectivity index (χ0) is 19.6. The number of fused-ring (bicyclic) bond motifs is 1. The van der Waals surface area contributed by atoms with Gasteiger partial charge in [0.1, 0.15) is 11.9 Å². The Bertz CT molecular complexity index is 881. The Morgan fingerprint density at radius 3 is 2.81 bits per heavy atom. The Balaban J connectivity index is 1.63. The number of hydrogen-bond donors (Lipinski definition) is 1. The smallest absolute Gasteiger partial charge is 0.331 e. The van der Waals surface area contributed by atoms with Crippen LogP contribution in [0.25, 0.3) is 0 Å². The number of aliphatic imine (C=N–C) groups is 1. The predicted octanol–water partition coefficient (Wildman–Crippen LogP) is 1.06. The van der Waals surface area contributed by atoms with Crippen LogP contribution >= 0.6 is 0 Å². The van der Waals surface area contributed by atoms with Crippen LogP contribution in [-0.4, -0.2) is 56.3 Å². The Morgan fingerprint density at radius 1 is 1.33 bits per heavy atom. The molecule has 1 fully saturated rings. The Hall–Kier alpha value is -2.42. The number of amides is 1. The molecule has 3 rings (SSSR count). The number of carbonyl (C=O) groups is 2. The van der Waals surface area contributed by atoms with Gasteiger partial charge in [-0.15, -0.1) is 0 Å². The molecule has 8 nitrogen and oxygen atoms in total. The number of rotatable bonds is 4. The molecule has 0 saturated carbocycles. The largest absolute Gasteiger partial charge is 0.454 e. The van der Waals surface area contributed by atoms with Crippen LogP contribution in [0.3, 0.4) is 0 Å². The maximum absolute atomic E-state index is 12.3. The lowest BCUT2D eigenvalue weighted by Gasteiger charge is -2.33. The second-order valence-electron chi connectivity index (χ2n) is 6.79. The van der Waals surface area contributed by atoms with Crippen LogP contribution in [0.4, 0.5) is 0 Å². The SMILES string of the molecule is C[C@H](N=C1NS(=O)(=O)c2ccccc21)C(=O)OCC(=O)N1CCCC[C@H]1C. The molecule has 0 spiro atoms. The van der Waals surface area contributed by atoms with Crippen LogP contribution in [0, 0.1) is 0 Å². The van der Waals surface area contributed by atoms with Crippen LogP contribution in [0.5, 0.6) is 0 Å². The number of carbonyl (C=O) groups excluding carboxylic acids is 2. The van der Waals surface area contributed by atoms with Crippen molar-refractivity contribution in [1.82, 2.24) is 9.62 Å². The molecule has 1 N–H and O–H groups in total. The topological polar surface area (TPSA) is 105 Å². The number of ether oxygens (including phenoxy) is 1. The van der Waals surface area contributed by atoms with Crippen molar-refractivity contribution in [2.24, 2.45) is 4.99 Å². The zero-order valence-corrected chi connectivity index (χ0v) is 16.2. The molecule has 1 saturated heterocycles. The lowest BCUT2D eigenvalue weighted by molar-refractivity contribution is -0.154. The summed E-state index contributed by atoms with van der Waals surface area (Å²) in [6.45, 7) is 3.82. The van der Waals surface area contributed by atoms with Crippen LogP contribution in [0.2, 0.25) is 0 Å². The van der Waals surface area contributed by atoms with E-state index in [0.29, 0.717) is 12.1 Å². The Labute approximate surface area is 158 Å². The molecule has 146 valence electrons. The van der Waals surface area contributed by atoms with Crippen LogP contribution < -0.4 is 4.72 Å². The minimum Gasteiger partial charge on any atom is -0.454 e. The normalized spacial score (nSPS) is 23.4. The molecule has 1 aromatic carbocycles. The number of likely N-dealkylation sites (tertiary alicyclic amines) is 1. The van der Waals surface area contributed by atoms with Crippen LogP contribution in [-0.2, 0) is 24.3 Å². The third-order valence-electron chi connectivity index (χ3n) is 4.79. The molecule has 2 aliphatic heterocycles. The Morgan fingerprint density at radius 2 is 2.07 bits per heavy atom. The summed E-state index contributed by atoms with van der Waals surface area (Å²) in [7, 11) is -3.67. The summed E-state index contributed by atoms with van der Waals surface area (Å²) in [6.07, 6.45) is 2.99. The number of hydrogen-bond acceptors (Lipinski definition) is 6. The fourth-order valence-corrected chi connectivity index (χ4v) is 4.52. The summed E-state index contributed by atoms with van der Waals surface area (Å²) in [5.41, 5.74) is 0.412. The van der Waals surface area contributed by atoms with Gasteiger partial charge in [0.25, 0.3) is 15.9 Å². The van der Waals surface area contributed by atoms with Gasteiger partial charge in [0.15, 0.2) is 6.61 Å². The van der Waals surface area contributed by atoms with Crippen LogP contribution in [0.1, 0.15) is 38.7 Å². The number of piperidine rings is 1. The average Bonchev–Trinajstić information content (AvgIpc) is 2.90. The molecule has 0 bridgehead atoms. The zero-order valence-electron chi connectivity index (χ0n) is 15.3. The van der Waals surface area contributed by atoms with Crippen molar-refractivity contribution in [3.05, 3.63) is 29.8 Å². The molecule has 2 heterocycles. The highest BCUT2D eigenvalue weighted by atomic mass is 32.2. The van der Waals surface area contributed by atoms with Gasteiger partial charge < -0.3 is 9.64 Å². The number of benzene rings is 1. The van der Waals surface area contributed by atoms with Gasteiger partial charge in [0.2, 0.25) is 0 Å². The van der Waals surface area contributed by atoms with E-state index in [9.17, 15) is 18.0 Å². The van der Waals surface area contributed by atoms with Crippen molar-refractivity contribution >= 4 is 27.7 Å². The van der Waals surface area contributed by atoms with E-state index in [1.54, 1.807) is 23.1 Å². The maximum Gasteiger partial charge on any atom is 0.331 e. The number of sulfonamides is 1. The van der Waals surface area contributed by atoms with Crippen molar-refractivity contribution in [3.8, 4) is 0 Å². The highest BCUT2D eigenvalue weighted by molar-refractivity contribution is 7.90. The van der Waals surface area contributed by atoms with E-state index >= 15 is 0 Å². The summed E-state index contributed by atoms with van der Waals surface area (Å²) >= 11 is 0. The number of nitrogens with one attached hydrogen (secondary N) is 1. The number of nitrogens with zero attached hydrogens (tertiary/aromatic N) is 2. The third kappa shape index (κ3) is 4.13. The number of esters is 1. The van der Waals surface area contributed by atoms with Gasteiger partial charge in [0.05, 0.1) is 4.90 Å². The van der Waals surface area contributed by atoms with E-state index in [-0.39, 0.29) is 29.3 Å². The van der Waals surface area contributed by atoms with Gasteiger partial charge in [-0.25, -0.2) is 13.2 Å². The van der Waals surface area contributed by atoms with Gasteiger partial charge >= 0.3 is 5.97 Å². The molecule has 0 aromatic heterocycles. The van der Waals surface area contributed by atoms with Crippen molar-refractivity contribution < 1.29 is 22.7 Å². The van der Waals surface area contributed by atoms with Crippen molar-refractivity contribution in [1.29, 1.82) is 0 Å². The Kier molecular flexibility index (Phi) is 5.50. The second-order valence-corrected chi connectivity index (χ2v) is 8.45. The van der Waals surface area contributed by atoms with Crippen molar-refractivity contribution in [3.63, 3.8) is 0 Å². The molecule has 1 amide bonds.